The van der Waals surface area contributed by atoms with Crippen molar-refractivity contribution < 1.29 is 14.4 Å². The summed E-state index contributed by atoms with van der Waals surface area (Å²) < 4.78 is 0. The number of carbonyl (C=O) groups is 3. The number of nitrogens with zero attached hydrogens (tertiary/aromatic N) is 4. The molecule has 3 heterocycles. The highest BCUT2D eigenvalue weighted by molar-refractivity contribution is 5.96. The van der Waals surface area contributed by atoms with Gasteiger partial charge in [-0.05, 0) is 50.7 Å². The number of hydrogen-bond acceptors (Lipinski definition) is 4. The first kappa shape index (κ1) is 21.7. The van der Waals surface area contributed by atoms with Crippen molar-refractivity contribution in [1.29, 1.82) is 0 Å². The van der Waals surface area contributed by atoms with E-state index in [1.165, 1.54) is 6.42 Å². The summed E-state index contributed by atoms with van der Waals surface area (Å²) in [4.78, 5) is 46.7. The molecule has 0 bridgehead atoms. The highest BCUT2D eigenvalue weighted by Crippen LogP contribution is 2.39. The Morgan fingerprint density at radius 2 is 1.55 bits per heavy atom. The number of anilines is 1. The molecule has 3 amide bonds. The number of hydrogen-bond donors (Lipinski definition) is 0. The maximum Gasteiger partial charge on any atom is 0.250 e. The van der Waals surface area contributed by atoms with Crippen LogP contribution in [0.25, 0.3) is 0 Å². The van der Waals surface area contributed by atoms with Crippen LogP contribution < -0.4 is 4.90 Å². The number of amides is 3. The Labute approximate surface area is 185 Å². The maximum absolute atomic E-state index is 13.7. The normalized spacial score (nSPS) is 21.1. The number of likely N-dealkylation sites (tertiary alicyclic amines) is 2. The van der Waals surface area contributed by atoms with Gasteiger partial charge in [0, 0.05) is 38.3 Å². The molecule has 4 rings (SSSR count). The van der Waals surface area contributed by atoms with E-state index < -0.39 is 5.54 Å². The average molecular weight is 427 g/mol. The number of carbonyl (C=O) groups excluding carboxylic acids is 3. The van der Waals surface area contributed by atoms with Crippen LogP contribution in [0.4, 0.5) is 5.69 Å². The first-order valence-corrected chi connectivity index (χ1v) is 11.7. The second-order valence-electron chi connectivity index (χ2n) is 9.01. The molecule has 0 aromatic heterocycles. The summed E-state index contributed by atoms with van der Waals surface area (Å²) in [5.41, 5.74) is 0.323. The lowest BCUT2D eigenvalue weighted by molar-refractivity contribution is -0.142. The summed E-state index contributed by atoms with van der Waals surface area (Å²) in [6.45, 7) is 5.33. The van der Waals surface area contributed by atoms with Crippen molar-refractivity contribution in [3.05, 3.63) is 30.3 Å². The van der Waals surface area contributed by atoms with Gasteiger partial charge >= 0.3 is 0 Å². The molecule has 7 heteroatoms. The number of para-hydroxylation sites is 1. The predicted octanol–water partition coefficient (Wildman–Crippen LogP) is 2.47. The van der Waals surface area contributed by atoms with Gasteiger partial charge in [-0.15, -0.1) is 0 Å². The van der Waals surface area contributed by atoms with Crippen molar-refractivity contribution in [2.45, 2.75) is 57.4 Å². The molecule has 168 valence electrons. The van der Waals surface area contributed by atoms with Crippen molar-refractivity contribution >= 4 is 23.4 Å². The van der Waals surface area contributed by atoms with E-state index >= 15 is 0 Å². The molecule has 3 aliphatic rings. The monoisotopic (exact) mass is 426 g/mol. The van der Waals surface area contributed by atoms with E-state index in [-0.39, 0.29) is 24.3 Å². The Balaban J connectivity index is 1.53. The standard InChI is InChI=1S/C24H34N4O3/c1-2-9-21(29)26-16-12-24(13-17-26)23(31)27(18-22(30)25-14-7-4-8-15-25)19-28(24)20-10-5-3-6-11-20/h3,5-6,10-11H,2,4,7-9,12-19H2,1H3. The van der Waals surface area contributed by atoms with Crippen molar-refractivity contribution in [1.82, 2.24) is 14.7 Å². The average Bonchev–Trinajstić information content (AvgIpc) is 3.07. The number of piperidine rings is 2. The lowest BCUT2D eigenvalue weighted by atomic mass is 9.85. The molecule has 3 saturated heterocycles. The van der Waals surface area contributed by atoms with Gasteiger partial charge in [-0.25, -0.2) is 0 Å². The number of rotatable bonds is 5. The first-order chi connectivity index (χ1) is 15.0. The molecule has 1 spiro atoms. The van der Waals surface area contributed by atoms with Crippen LogP contribution in [0.1, 0.15) is 51.9 Å². The minimum atomic E-state index is -0.674. The van der Waals surface area contributed by atoms with Gasteiger partial charge in [-0.3, -0.25) is 14.4 Å². The molecule has 0 unspecified atom stereocenters. The molecule has 1 aromatic carbocycles. The van der Waals surface area contributed by atoms with Gasteiger partial charge in [0.2, 0.25) is 11.8 Å². The zero-order valence-electron chi connectivity index (χ0n) is 18.6. The van der Waals surface area contributed by atoms with Gasteiger partial charge in [0.25, 0.3) is 5.91 Å². The summed E-state index contributed by atoms with van der Waals surface area (Å²) in [6, 6.07) is 9.99. The second kappa shape index (κ2) is 9.28. The molecule has 0 radical (unpaired) electrons. The molecule has 0 N–H and O–H groups in total. The molecule has 7 nitrogen and oxygen atoms in total. The Kier molecular flexibility index (Phi) is 6.49. The summed E-state index contributed by atoms with van der Waals surface area (Å²) in [5.74, 6) is 0.254. The van der Waals surface area contributed by atoms with E-state index in [1.54, 1.807) is 4.90 Å². The Morgan fingerprint density at radius 1 is 0.903 bits per heavy atom. The molecular formula is C24H34N4O3. The largest absolute Gasteiger partial charge is 0.342 e. The summed E-state index contributed by atoms with van der Waals surface area (Å²) in [6.07, 6.45) is 5.85. The zero-order valence-corrected chi connectivity index (χ0v) is 18.6. The summed E-state index contributed by atoms with van der Waals surface area (Å²) >= 11 is 0. The first-order valence-electron chi connectivity index (χ1n) is 11.7. The van der Waals surface area contributed by atoms with E-state index in [4.69, 9.17) is 0 Å². The lowest BCUT2D eigenvalue weighted by Gasteiger charge is -2.43. The third-order valence-electron chi connectivity index (χ3n) is 7.02. The SMILES string of the molecule is CCCC(=O)N1CCC2(CC1)C(=O)N(CC(=O)N1CCCCC1)CN2c1ccccc1. The smallest absolute Gasteiger partial charge is 0.250 e. The summed E-state index contributed by atoms with van der Waals surface area (Å²) in [5, 5.41) is 0. The van der Waals surface area contributed by atoms with E-state index in [2.05, 4.69) is 4.90 Å². The van der Waals surface area contributed by atoms with E-state index in [0.29, 0.717) is 39.0 Å². The quantitative estimate of drug-likeness (QED) is 0.726. The molecule has 0 aliphatic carbocycles. The lowest BCUT2D eigenvalue weighted by Crippen LogP contribution is -2.57. The van der Waals surface area contributed by atoms with Crippen molar-refractivity contribution in [2.24, 2.45) is 0 Å². The molecule has 1 aromatic rings. The molecule has 3 aliphatic heterocycles. The van der Waals surface area contributed by atoms with Crippen LogP contribution >= 0.6 is 0 Å². The third-order valence-corrected chi connectivity index (χ3v) is 7.02. The van der Waals surface area contributed by atoms with Gasteiger partial charge in [0.15, 0.2) is 0 Å². The third kappa shape index (κ3) is 4.27. The molecular weight excluding hydrogens is 392 g/mol. The van der Waals surface area contributed by atoms with Crippen LogP contribution in [0.5, 0.6) is 0 Å². The van der Waals surface area contributed by atoms with Crippen molar-refractivity contribution in [2.75, 3.05) is 44.3 Å². The van der Waals surface area contributed by atoms with Crippen LogP contribution in [0.15, 0.2) is 30.3 Å². The van der Waals surface area contributed by atoms with Crippen LogP contribution in [0, 0.1) is 0 Å². The zero-order chi connectivity index (χ0) is 21.8. The Hall–Kier alpha value is -2.57. The van der Waals surface area contributed by atoms with E-state index in [0.717, 1.165) is 38.0 Å². The van der Waals surface area contributed by atoms with Crippen LogP contribution in [-0.4, -0.2) is 77.4 Å². The minimum absolute atomic E-state index is 0.0318. The van der Waals surface area contributed by atoms with Gasteiger partial charge in [0.1, 0.15) is 12.1 Å². The fourth-order valence-electron chi connectivity index (χ4n) is 5.23. The van der Waals surface area contributed by atoms with Gasteiger partial charge in [0.05, 0.1) is 6.67 Å². The summed E-state index contributed by atoms with van der Waals surface area (Å²) in [7, 11) is 0. The van der Waals surface area contributed by atoms with Crippen LogP contribution in [-0.2, 0) is 14.4 Å². The molecule has 3 fully saturated rings. The molecule has 31 heavy (non-hydrogen) atoms. The van der Waals surface area contributed by atoms with Crippen LogP contribution in [0.3, 0.4) is 0 Å². The second-order valence-corrected chi connectivity index (χ2v) is 9.01. The van der Waals surface area contributed by atoms with Crippen molar-refractivity contribution in [3.63, 3.8) is 0 Å². The topological polar surface area (TPSA) is 64.2 Å². The fourth-order valence-corrected chi connectivity index (χ4v) is 5.23. The van der Waals surface area contributed by atoms with Gasteiger partial charge in [-0.1, -0.05) is 25.1 Å². The maximum atomic E-state index is 13.7. The molecule has 0 atom stereocenters. The van der Waals surface area contributed by atoms with Gasteiger partial charge < -0.3 is 19.6 Å². The Morgan fingerprint density at radius 3 is 2.19 bits per heavy atom. The highest BCUT2D eigenvalue weighted by Gasteiger charge is 2.54. The fraction of sp³-hybridized carbons (Fsp3) is 0.625. The molecule has 0 saturated carbocycles. The van der Waals surface area contributed by atoms with E-state index in [1.807, 2.05) is 47.1 Å². The van der Waals surface area contributed by atoms with Crippen molar-refractivity contribution in [3.8, 4) is 0 Å². The van der Waals surface area contributed by atoms with Gasteiger partial charge in [-0.2, -0.15) is 0 Å². The van der Waals surface area contributed by atoms with Crippen LogP contribution in [0.2, 0.25) is 0 Å². The highest BCUT2D eigenvalue weighted by atomic mass is 16.2. The minimum Gasteiger partial charge on any atom is -0.342 e. The Bertz CT molecular complexity index is 798. The number of benzene rings is 1. The predicted molar refractivity (Wildman–Crippen MR) is 119 cm³/mol. The van der Waals surface area contributed by atoms with E-state index in [9.17, 15) is 14.4 Å².